The van der Waals surface area contributed by atoms with Gasteiger partial charge < -0.3 is 0 Å². The zero-order valence-corrected chi connectivity index (χ0v) is 12.1. The maximum Gasteiger partial charge on any atom is 0.138 e. The Bertz CT molecular complexity index is 1190. The molecule has 3 heteroatoms. The molecule has 0 bridgehead atoms. The van der Waals surface area contributed by atoms with Crippen molar-refractivity contribution in [3.63, 3.8) is 0 Å². The van der Waals surface area contributed by atoms with E-state index in [2.05, 4.69) is 64.8 Å². The predicted molar refractivity (Wildman–Crippen MR) is 90.2 cm³/mol. The van der Waals surface area contributed by atoms with Gasteiger partial charge in [0.05, 0.1) is 22.1 Å². The molecule has 0 saturated heterocycles. The lowest BCUT2D eigenvalue weighted by Gasteiger charge is -2.07. The molecule has 0 spiro atoms. The van der Waals surface area contributed by atoms with E-state index < -0.39 is 0 Å². The number of aryl methyl sites for hydroxylation is 1. The van der Waals surface area contributed by atoms with Gasteiger partial charge in [-0.05, 0) is 42.8 Å². The lowest BCUT2D eigenvalue weighted by Crippen LogP contribution is -1.91. The molecule has 0 radical (unpaired) electrons. The second-order valence-corrected chi connectivity index (χ2v) is 5.71. The molecule has 3 heterocycles. The van der Waals surface area contributed by atoms with Crippen LogP contribution in [0.2, 0.25) is 0 Å². The van der Waals surface area contributed by atoms with Crippen molar-refractivity contribution in [2.75, 3.05) is 0 Å². The second-order valence-electron chi connectivity index (χ2n) is 5.71. The van der Waals surface area contributed by atoms with E-state index in [1.54, 1.807) is 0 Å². The highest BCUT2D eigenvalue weighted by Crippen LogP contribution is 2.28. The normalized spacial score (nSPS) is 11.9. The third-order valence-corrected chi connectivity index (χ3v) is 4.25. The molecule has 2 aromatic carbocycles. The zero-order valence-electron chi connectivity index (χ0n) is 12.1. The summed E-state index contributed by atoms with van der Waals surface area (Å²) in [4.78, 5) is 9.37. The highest BCUT2D eigenvalue weighted by atomic mass is 15.0. The highest BCUT2D eigenvalue weighted by Gasteiger charge is 2.10. The summed E-state index contributed by atoms with van der Waals surface area (Å²) in [5, 5.41) is 2.33. The van der Waals surface area contributed by atoms with Gasteiger partial charge in [0.15, 0.2) is 0 Å². The molecular weight excluding hydrogens is 270 g/mol. The van der Waals surface area contributed by atoms with Crippen LogP contribution in [0.25, 0.3) is 38.5 Å². The van der Waals surface area contributed by atoms with E-state index in [1.165, 1.54) is 10.9 Å². The fraction of sp³-hybridized carbons (Fsp3) is 0.0526. The third-order valence-electron chi connectivity index (χ3n) is 4.25. The monoisotopic (exact) mass is 283 g/mol. The van der Waals surface area contributed by atoms with Gasteiger partial charge in [0.1, 0.15) is 5.65 Å². The Labute approximate surface area is 126 Å². The van der Waals surface area contributed by atoms with E-state index in [9.17, 15) is 0 Å². The van der Waals surface area contributed by atoms with E-state index in [1.807, 2.05) is 12.3 Å². The maximum atomic E-state index is 4.75. The molecule has 0 amide bonds. The summed E-state index contributed by atoms with van der Waals surface area (Å²) < 4.78 is 2.23. The summed E-state index contributed by atoms with van der Waals surface area (Å²) in [6, 6.07) is 18.9. The zero-order chi connectivity index (χ0) is 14.7. The maximum absolute atomic E-state index is 4.75. The van der Waals surface area contributed by atoms with Gasteiger partial charge in [-0.15, -0.1) is 0 Å². The first kappa shape index (κ1) is 11.7. The molecule has 22 heavy (non-hydrogen) atoms. The van der Waals surface area contributed by atoms with Crippen LogP contribution in [0.15, 0.2) is 60.8 Å². The molecule has 3 aromatic heterocycles. The number of hydrogen-bond acceptors (Lipinski definition) is 2. The number of aromatic nitrogens is 3. The fourth-order valence-electron chi connectivity index (χ4n) is 3.23. The van der Waals surface area contributed by atoms with Crippen LogP contribution in [-0.2, 0) is 0 Å². The van der Waals surface area contributed by atoms with Crippen molar-refractivity contribution < 1.29 is 0 Å². The van der Waals surface area contributed by atoms with E-state index in [0.29, 0.717) is 0 Å². The van der Waals surface area contributed by atoms with E-state index in [0.717, 1.165) is 33.1 Å². The molecule has 0 fully saturated rings. The van der Waals surface area contributed by atoms with Crippen molar-refractivity contribution in [2.24, 2.45) is 0 Å². The average Bonchev–Trinajstić information content (AvgIpc) is 2.92. The number of fused-ring (bicyclic) bond motifs is 7. The number of nitrogens with zero attached hydrogens (tertiary/aromatic N) is 3. The van der Waals surface area contributed by atoms with Gasteiger partial charge in [0.25, 0.3) is 0 Å². The minimum atomic E-state index is 0.964. The van der Waals surface area contributed by atoms with Crippen molar-refractivity contribution in [1.29, 1.82) is 0 Å². The minimum Gasteiger partial charge on any atom is -0.290 e. The Kier molecular flexibility index (Phi) is 2.15. The smallest absolute Gasteiger partial charge is 0.138 e. The van der Waals surface area contributed by atoms with Gasteiger partial charge >= 0.3 is 0 Å². The van der Waals surface area contributed by atoms with Gasteiger partial charge in [-0.3, -0.25) is 9.38 Å². The van der Waals surface area contributed by atoms with Crippen LogP contribution in [0, 0.1) is 6.92 Å². The molecule has 104 valence electrons. The molecule has 0 N–H and O–H groups in total. The van der Waals surface area contributed by atoms with Crippen molar-refractivity contribution in [1.82, 2.24) is 14.4 Å². The van der Waals surface area contributed by atoms with Gasteiger partial charge in [-0.25, -0.2) is 4.98 Å². The quantitative estimate of drug-likeness (QED) is 0.392. The van der Waals surface area contributed by atoms with Crippen LogP contribution in [0.3, 0.4) is 0 Å². The summed E-state index contributed by atoms with van der Waals surface area (Å²) in [6.07, 6.45) is 1.85. The Hall–Kier alpha value is -2.94. The molecule has 0 atom stereocenters. The number of rotatable bonds is 0. The summed E-state index contributed by atoms with van der Waals surface area (Å²) in [5.41, 5.74) is 6.51. The molecule has 0 aliphatic carbocycles. The fourth-order valence-corrected chi connectivity index (χ4v) is 3.23. The van der Waals surface area contributed by atoms with Crippen LogP contribution in [0.4, 0.5) is 0 Å². The molecule has 0 aliphatic rings. The highest BCUT2D eigenvalue weighted by molar-refractivity contribution is 6.05. The van der Waals surface area contributed by atoms with Crippen molar-refractivity contribution >= 4 is 38.5 Å². The van der Waals surface area contributed by atoms with Gasteiger partial charge in [-0.1, -0.05) is 24.3 Å². The molecule has 5 rings (SSSR count). The standard InChI is InChI=1S/C19H13N3/c1-12-4-8-15-16(11-12)22-17(21-15)9-7-14-6-5-13-3-2-10-20-18(13)19(14)22/h2-11H,1H3. The second kappa shape index (κ2) is 4.04. The Morgan fingerprint density at radius 3 is 2.73 bits per heavy atom. The first-order chi connectivity index (χ1) is 10.8. The first-order valence-corrected chi connectivity index (χ1v) is 7.36. The summed E-state index contributed by atoms with van der Waals surface area (Å²) in [5.74, 6) is 0. The van der Waals surface area contributed by atoms with Crippen LogP contribution in [0.5, 0.6) is 0 Å². The molecule has 0 saturated carbocycles. The van der Waals surface area contributed by atoms with Crippen molar-refractivity contribution in [3.8, 4) is 0 Å². The molecular formula is C19H13N3. The SMILES string of the molecule is Cc1ccc2nc3ccc4ccc5cccnc5c4n3c2c1. The number of hydrogen-bond donors (Lipinski definition) is 0. The summed E-state index contributed by atoms with van der Waals surface area (Å²) in [6.45, 7) is 2.11. The lowest BCUT2D eigenvalue weighted by molar-refractivity contribution is 1.29. The van der Waals surface area contributed by atoms with Gasteiger partial charge in [0, 0.05) is 17.0 Å². The van der Waals surface area contributed by atoms with Crippen molar-refractivity contribution in [3.05, 3.63) is 66.4 Å². The van der Waals surface area contributed by atoms with Crippen LogP contribution >= 0.6 is 0 Å². The van der Waals surface area contributed by atoms with E-state index in [-0.39, 0.29) is 0 Å². The summed E-state index contributed by atoms with van der Waals surface area (Å²) >= 11 is 0. The molecule has 5 aromatic rings. The Morgan fingerprint density at radius 1 is 0.909 bits per heavy atom. The first-order valence-electron chi connectivity index (χ1n) is 7.36. The lowest BCUT2D eigenvalue weighted by atomic mass is 10.1. The number of pyridine rings is 2. The topological polar surface area (TPSA) is 30.2 Å². The van der Waals surface area contributed by atoms with Crippen LogP contribution < -0.4 is 0 Å². The molecule has 0 unspecified atom stereocenters. The Balaban J connectivity index is 2.16. The summed E-state index contributed by atoms with van der Waals surface area (Å²) in [7, 11) is 0. The van der Waals surface area contributed by atoms with Gasteiger partial charge in [0.2, 0.25) is 0 Å². The van der Waals surface area contributed by atoms with Gasteiger partial charge in [-0.2, -0.15) is 0 Å². The predicted octanol–water partition coefficient (Wildman–Crippen LogP) is 4.50. The molecule has 3 nitrogen and oxygen atoms in total. The minimum absolute atomic E-state index is 0.964. The number of imidazole rings is 1. The van der Waals surface area contributed by atoms with Crippen molar-refractivity contribution in [2.45, 2.75) is 6.92 Å². The average molecular weight is 283 g/mol. The molecule has 0 aliphatic heterocycles. The van der Waals surface area contributed by atoms with Crippen LogP contribution in [0.1, 0.15) is 5.56 Å². The number of benzene rings is 2. The largest absolute Gasteiger partial charge is 0.290 e. The Morgan fingerprint density at radius 2 is 1.77 bits per heavy atom. The van der Waals surface area contributed by atoms with Crippen LogP contribution in [-0.4, -0.2) is 14.4 Å². The third kappa shape index (κ3) is 1.45. The van der Waals surface area contributed by atoms with E-state index >= 15 is 0 Å². The van der Waals surface area contributed by atoms with E-state index in [4.69, 9.17) is 4.98 Å².